The van der Waals surface area contributed by atoms with E-state index in [0.29, 0.717) is 12.4 Å². The van der Waals surface area contributed by atoms with Gasteiger partial charge in [0.25, 0.3) is 0 Å². The summed E-state index contributed by atoms with van der Waals surface area (Å²) in [5.41, 5.74) is 0.529. The number of rotatable bonds is 6. The molecule has 1 aromatic rings. The molecule has 1 N–H and O–H groups in total. The summed E-state index contributed by atoms with van der Waals surface area (Å²) < 4.78 is 12.2. The first-order chi connectivity index (χ1) is 7.92. The molecule has 0 unspecified atom stereocenters. The van der Waals surface area contributed by atoms with E-state index in [2.05, 4.69) is 24.6 Å². The van der Waals surface area contributed by atoms with E-state index in [4.69, 9.17) is 14.9 Å². The maximum absolute atomic E-state index is 7.45. The highest BCUT2D eigenvalue weighted by molar-refractivity contribution is 6.76. The van der Waals surface area contributed by atoms with Gasteiger partial charge < -0.3 is 14.0 Å². The van der Waals surface area contributed by atoms with E-state index in [9.17, 15) is 0 Å². The Hall–Kier alpha value is -1.14. The molecule has 0 aliphatic heterocycles. The molecule has 0 radical (unpaired) electrons. The van der Waals surface area contributed by atoms with Crippen molar-refractivity contribution in [2.45, 2.75) is 32.4 Å². The average Bonchev–Trinajstić information content (AvgIpc) is 2.70. The van der Waals surface area contributed by atoms with Crippen LogP contribution in [0.5, 0.6) is 0 Å². The van der Waals surface area contributed by atoms with Crippen molar-refractivity contribution in [2.24, 2.45) is 0 Å². The number of nitrogens with one attached hydrogen (secondary N) is 1. The van der Waals surface area contributed by atoms with Crippen LogP contribution in [-0.2, 0) is 16.2 Å². The molecule has 0 amide bonds. The highest BCUT2D eigenvalue weighted by atomic mass is 28.3. The molecule has 0 aromatic carbocycles. The normalized spacial score (nSPS) is 11.5. The number of nitrogens with zero attached hydrogens (tertiary/aromatic N) is 2. The van der Waals surface area contributed by atoms with Gasteiger partial charge in [0, 0.05) is 20.9 Å². The van der Waals surface area contributed by atoms with Gasteiger partial charge in [0.05, 0.1) is 13.4 Å². The Bertz CT molecular complexity index is 371. The summed E-state index contributed by atoms with van der Waals surface area (Å²) in [5, 5.41) is 7.45. The topological polar surface area (TPSA) is 60.1 Å². The largest absolute Gasteiger partial charge is 0.480 e. The Balaban J connectivity index is 2.33. The molecule has 5 nitrogen and oxygen atoms in total. The zero-order valence-corrected chi connectivity index (χ0v) is 12.0. The van der Waals surface area contributed by atoms with Gasteiger partial charge in [-0.3, -0.25) is 5.41 Å². The van der Waals surface area contributed by atoms with Crippen molar-refractivity contribution in [1.82, 2.24) is 9.55 Å². The molecule has 0 aliphatic carbocycles. The summed E-state index contributed by atoms with van der Waals surface area (Å²) >= 11 is 0. The Labute approximate surface area is 103 Å². The monoisotopic (exact) mass is 255 g/mol. The van der Waals surface area contributed by atoms with Crippen LogP contribution in [0.1, 0.15) is 5.69 Å². The lowest BCUT2D eigenvalue weighted by molar-refractivity contribution is 0.0871. The standard InChI is InChI=1S/C11H21N3O2Si/c1-15-11(12)10-7-14(8-13-10)9-16-5-6-17(2,3)4/h7-8,12H,5-6,9H2,1-4H3. The van der Waals surface area contributed by atoms with Crippen LogP contribution in [0.2, 0.25) is 25.7 Å². The number of methoxy groups -OCH3 is 1. The molecule has 0 aliphatic rings. The zero-order valence-electron chi connectivity index (χ0n) is 11.0. The second-order valence-electron chi connectivity index (χ2n) is 5.15. The summed E-state index contributed by atoms with van der Waals surface area (Å²) in [7, 11) is 0.446. The third kappa shape index (κ3) is 5.14. The van der Waals surface area contributed by atoms with Crippen molar-refractivity contribution in [3.63, 3.8) is 0 Å². The fourth-order valence-corrected chi connectivity index (χ4v) is 1.96. The van der Waals surface area contributed by atoms with E-state index in [-0.39, 0.29) is 5.90 Å². The van der Waals surface area contributed by atoms with Gasteiger partial charge >= 0.3 is 0 Å². The maximum Gasteiger partial charge on any atom is 0.233 e. The predicted octanol–water partition coefficient (Wildman–Crippen LogP) is 2.17. The van der Waals surface area contributed by atoms with Gasteiger partial charge in [0.1, 0.15) is 12.4 Å². The number of imidazole rings is 1. The van der Waals surface area contributed by atoms with Gasteiger partial charge in [-0.25, -0.2) is 4.98 Å². The van der Waals surface area contributed by atoms with Crippen LogP contribution >= 0.6 is 0 Å². The van der Waals surface area contributed by atoms with Gasteiger partial charge in [-0.15, -0.1) is 0 Å². The van der Waals surface area contributed by atoms with E-state index in [1.54, 1.807) is 12.5 Å². The molecule has 0 bridgehead atoms. The van der Waals surface area contributed by atoms with Crippen molar-refractivity contribution in [1.29, 1.82) is 5.41 Å². The second-order valence-corrected chi connectivity index (χ2v) is 10.8. The highest BCUT2D eigenvalue weighted by Gasteiger charge is 2.12. The number of hydrogen-bond donors (Lipinski definition) is 1. The van der Waals surface area contributed by atoms with Crippen LogP contribution in [0.4, 0.5) is 0 Å². The third-order valence-corrected chi connectivity index (χ3v) is 4.01. The van der Waals surface area contributed by atoms with Crippen LogP contribution in [-0.4, -0.2) is 37.2 Å². The van der Waals surface area contributed by atoms with E-state index in [1.165, 1.54) is 7.11 Å². The molecular weight excluding hydrogens is 234 g/mol. The van der Waals surface area contributed by atoms with Crippen molar-refractivity contribution in [3.05, 3.63) is 18.2 Å². The minimum atomic E-state index is -1.02. The lowest BCUT2D eigenvalue weighted by Gasteiger charge is -2.15. The lowest BCUT2D eigenvalue weighted by atomic mass is 10.5. The molecule has 0 fully saturated rings. The van der Waals surface area contributed by atoms with E-state index >= 15 is 0 Å². The maximum atomic E-state index is 7.45. The van der Waals surface area contributed by atoms with Gasteiger partial charge in [0.2, 0.25) is 5.90 Å². The predicted molar refractivity (Wildman–Crippen MR) is 70.2 cm³/mol. The fraction of sp³-hybridized carbons (Fsp3) is 0.636. The summed E-state index contributed by atoms with van der Waals surface area (Å²) in [6, 6.07) is 1.16. The summed E-state index contributed by atoms with van der Waals surface area (Å²) in [5.74, 6) is 0.0749. The van der Waals surface area contributed by atoms with Crippen molar-refractivity contribution < 1.29 is 9.47 Å². The summed E-state index contributed by atoms with van der Waals surface area (Å²) in [6.45, 7) is 8.24. The van der Waals surface area contributed by atoms with Gasteiger partial charge in [-0.2, -0.15) is 0 Å². The molecule has 0 saturated heterocycles. The zero-order chi connectivity index (χ0) is 12.9. The number of ether oxygens (including phenoxy) is 2. The van der Waals surface area contributed by atoms with E-state index in [1.807, 2.05) is 4.57 Å². The quantitative estimate of drug-likeness (QED) is 0.367. The molecule has 96 valence electrons. The summed E-state index contributed by atoms with van der Waals surface area (Å²) in [6.07, 6.45) is 3.40. The van der Waals surface area contributed by atoms with Crippen LogP contribution in [0, 0.1) is 5.41 Å². The molecule has 17 heavy (non-hydrogen) atoms. The molecule has 0 spiro atoms. The third-order valence-electron chi connectivity index (χ3n) is 2.31. The lowest BCUT2D eigenvalue weighted by Crippen LogP contribution is -2.21. The Morgan fingerprint density at radius 1 is 1.47 bits per heavy atom. The van der Waals surface area contributed by atoms with Crippen molar-refractivity contribution in [2.75, 3.05) is 13.7 Å². The minimum Gasteiger partial charge on any atom is -0.480 e. The smallest absolute Gasteiger partial charge is 0.233 e. The van der Waals surface area contributed by atoms with Crippen molar-refractivity contribution in [3.8, 4) is 0 Å². The highest BCUT2D eigenvalue weighted by Crippen LogP contribution is 2.08. The molecule has 0 atom stereocenters. The van der Waals surface area contributed by atoms with Crippen molar-refractivity contribution >= 4 is 14.0 Å². The Kier molecular flexibility index (Phi) is 4.89. The van der Waals surface area contributed by atoms with Gasteiger partial charge in [-0.05, 0) is 6.04 Å². The molecule has 1 rings (SSSR count). The first-order valence-electron chi connectivity index (χ1n) is 5.65. The Morgan fingerprint density at radius 3 is 2.76 bits per heavy atom. The first kappa shape index (κ1) is 13.9. The minimum absolute atomic E-state index is 0.0749. The van der Waals surface area contributed by atoms with E-state index < -0.39 is 8.07 Å². The molecule has 1 aromatic heterocycles. The van der Waals surface area contributed by atoms with Gasteiger partial charge in [0.15, 0.2) is 0 Å². The Morgan fingerprint density at radius 2 is 2.18 bits per heavy atom. The first-order valence-corrected chi connectivity index (χ1v) is 9.35. The van der Waals surface area contributed by atoms with Crippen LogP contribution in [0.3, 0.4) is 0 Å². The number of hydrogen-bond acceptors (Lipinski definition) is 4. The average molecular weight is 255 g/mol. The molecule has 1 heterocycles. The molecular formula is C11H21N3O2Si. The SMILES string of the molecule is COC(=N)c1cn(COCC[Si](C)(C)C)cn1. The summed E-state index contributed by atoms with van der Waals surface area (Å²) in [4.78, 5) is 4.06. The molecule has 0 saturated carbocycles. The van der Waals surface area contributed by atoms with Crippen LogP contribution in [0.25, 0.3) is 0 Å². The molecule has 6 heteroatoms. The second kappa shape index (κ2) is 5.97. The van der Waals surface area contributed by atoms with Crippen LogP contribution < -0.4 is 0 Å². The fourth-order valence-electron chi connectivity index (χ4n) is 1.20. The van der Waals surface area contributed by atoms with E-state index in [0.717, 1.165) is 12.7 Å². The number of aromatic nitrogens is 2. The van der Waals surface area contributed by atoms with Gasteiger partial charge in [-0.1, -0.05) is 19.6 Å². The van der Waals surface area contributed by atoms with Crippen LogP contribution in [0.15, 0.2) is 12.5 Å².